The van der Waals surface area contributed by atoms with Crippen molar-refractivity contribution in [2.75, 3.05) is 6.66 Å². The molecule has 3 aromatic carbocycles. The van der Waals surface area contributed by atoms with Gasteiger partial charge in [-0.25, -0.2) is 0 Å². The van der Waals surface area contributed by atoms with E-state index in [1.807, 2.05) is 0 Å². The standard InChI is InChI=1S/C22H24P.C2H4O2/c1-17-5-11-20(12-6-17)23(4,21-13-7-18(2)8-14-21)22-15-9-19(3)10-16-22;1-2(3)4/h5-16H,1-4H3;1H3,(H,3,4)/q+1;/p-1. The van der Waals surface area contributed by atoms with Crippen molar-refractivity contribution in [2.24, 2.45) is 0 Å². The molecule has 0 aliphatic rings. The van der Waals surface area contributed by atoms with Gasteiger partial charge in [-0.1, -0.05) is 53.1 Å². The monoisotopic (exact) mass is 378 g/mol. The van der Waals surface area contributed by atoms with Crippen LogP contribution in [-0.4, -0.2) is 12.6 Å². The number of aryl methyl sites for hydroxylation is 3. The zero-order chi connectivity index (χ0) is 20.0. The lowest BCUT2D eigenvalue weighted by atomic mass is 10.2. The average Bonchev–Trinajstić information content (AvgIpc) is 2.62. The molecule has 2 nitrogen and oxygen atoms in total. The molecule has 0 bridgehead atoms. The first-order valence-corrected chi connectivity index (χ1v) is 11.2. The number of rotatable bonds is 3. The molecular formula is C24H27O2P. The Bertz CT molecular complexity index is 764. The predicted molar refractivity (Wildman–Crippen MR) is 116 cm³/mol. The minimum atomic E-state index is -1.59. The lowest BCUT2D eigenvalue weighted by molar-refractivity contribution is -0.302. The summed E-state index contributed by atoms with van der Waals surface area (Å²) in [6.07, 6.45) is 0. The van der Waals surface area contributed by atoms with Crippen molar-refractivity contribution in [3.05, 3.63) is 89.5 Å². The fraction of sp³-hybridized carbons (Fsp3) is 0.208. The lowest BCUT2D eigenvalue weighted by Crippen LogP contribution is -2.30. The van der Waals surface area contributed by atoms with Gasteiger partial charge in [-0.05, 0) is 64.1 Å². The second-order valence-corrected chi connectivity index (χ2v) is 10.6. The normalized spacial score (nSPS) is 10.7. The molecule has 3 heteroatoms. The number of carbonyl (C=O) groups is 1. The second kappa shape index (κ2) is 8.97. The largest absolute Gasteiger partial charge is 0.550 e. The maximum atomic E-state index is 8.89. The maximum absolute atomic E-state index is 8.89. The predicted octanol–water partition coefficient (Wildman–Crippen LogP) is 3.29. The van der Waals surface area contributed by atoms with Crippen molar-refractivity contribution in [1.29, 1.82) is 0 Å². The smallest absolute Gasteiger partial charge is 0.109 e. The van der Waals surface area contributed by atoms with Gasteiger partial charge in [-0.2, -0.15) is 0 Å². The summed E-state index contributed by atoms with van der Waals surface area (Å²) < 4.78 is 0. The average molecular weight is 378 g/mol. The molecule has 27 heavy (non-hydrogen) atoms. The number of carboxylic acid groups (broad SMARTS) is 1. The van der Waals surface area contributed by atoms with Crippen molar-refractivity contribution in [3.8, 4) is 0 Å². The molecule has 0 heterocycles. The van der Waals surface area contributed by atoms with Crippen molar-refractivity contribution in [2.45, 2.75) is 27.7 Å². The number of carboxylic acids is 1. The van der Waals surface area contributed by atoms with Crippen LogP contribution in [-0.2, 0) is 4.79 Å². The van der Waals surface area contributed by atoms with Gasteiger partial charge in [0.05, 0.1) is 6.66 Å². The van der Waals surface area contributed by atoms with Crippen LogP contribution in [0.3, 0.4) is 0 Å². The lowest BCUT2D eigenvalue weighted by Gasteiger charge is -2.23. The molecule has 0 aromatic heterocycles. The fourth-order valence-corrected chi connectivity index (χ4v) is 6.11. The van der Waals surface area contributed by atoms with Crippen molar-refractivity contribution < 1.29 is 9.90 Å². The van der Waals surface area contributed by atoms with E-state index >= 15 is 0 Å². The maximum Gasteiger partial charge on any atom is 0.109 e. The highest BCUT2D eigenvalue weighted by Gasteiger charge is 2.39. The van der Waals surface area contributed by atoms with Crippen LogP contribution in [0, 0.1) is 20.8 Å². The summed E-state index contributed by atoms with van der Waals surface area (Å²) in [5, 5.41) is 13.2. The van der Waals surface area contributed by atoms with E-state index in [0.717, 1.165) is 6.92 Å². The van der Waals surface area contributed by atoms with Gasteiger partial charge >= 0.3 is 0 Å². The van der Waals surface area contributed by atoms with Gasteiger partial charge in [0.2, 0.25) is 0 Å². The van der Waals surface area contributed by atoms with Crippen LogP contribution in [0.5, 0.6) is 0 Å². The number of hydrogen-bond acceptors (Lipinski definition) is 2. The Hall–Kier alpha value is -2.44. The van der Waals surface area contributed by atoms with Crippen LogP contribution in [0.1, 0.15) is 23.6 Å². The molecule has 0 atom stereocenters. The minimum Gasteiger partial charge on any atom is -0.550 e. The summed E-state index contributed by atoms with van der Waals surface area (Å²) in [7, 11) is -1.59. The molecule has 0 aliphatic heterocycles. The number of hydrogen-bond donors (Lipinski definition) is 0. The second-order valence-electron chi connectivity index (χ2n) is 7.00. The van der Waals surface area contributed by atoms with Gasteiger partial charge < -0.3 is 9.90 Å². The molecule has 0 fully saturated rings. The summed E-state index contributed by atoms with van der Waals surface area (Å²) in [5.41, 5.74) is 3.94. The van der Waals surface area contributed by atoms with Crippen molar-refractivity contribution >= 4 is 29.1 Å². The van der Waals surface area contributed by atoms with Crippen LogP contribution in [0.15, 0.2) is 72.8 Å². The van der Waals surface area contributed by atoms with Gasteiger partial charge in [0.15, 0.2) is 0 Å². The molecule has 0 radical (unpaired) electrons. The third kappa shape index (κ3) is 5.28. The molecule has 0 aliphatic carbocycles. The van der Waals surface area contributed by atoms with Crippen LogP contribution >= 0.6 is 7.26 Å². The first kappa shape index (κ1) is 20.9. The Balaban J connectivity index is 0.000000596. The van der Waals surface area contributed by atoms with E-state index in [-0.39, 0.29) is 0 Å². The summed E-state index contributed by atoms with van der Waals surface area (Å²) in [6.45, 7) is 9.86. The Morgan fingerprint density at radius 3 is 1.00 bits per heavy atom. The molecule has 0 spiro atoms. The summed E-state index contributed by atoms with van der Waals surface area (Å²) in [5.74, 6) is -1.08. The zero-order valence-corrected chi connectivity index (χ0v) is 17.6. The topological polar surface area (TPSA) is 40.1 Å². The first-order chi connectivity index (χ1) is 12.7. The van der Waals surface area contributed by atoms with E-state index in [1.165, 1.54) is 32.6 Å². The molecular weight excluding hydrogens is 351 g/mol. The molecule has 140 valence electrons. The van der Waals surface area contributed by atoms with Gasteiger partial charge in [0.25, 0.3) is 0 Å². The Labute approximate surface area is 163 Å². The molecule has 0 saturated heterocycles. The third-order valence-electron chi connectivity index (χ3n) is 4.65. The number of aliphatic carboxylic acids is 1. The van der Waals surface area contributed by atoms with Crippen molar-refractivity contribution in [1.82, 2.24) is 0 Å². The molecule has 0 unspecified atom stereocenters. The van der Waals surface area contributed by atoms with Gasteiger partial charge in [-0.15, -0.1) is 0 Å². The SMILES string of the molecule is CC(=O)[O-].Cc1ccc([P+](C)(c2ccc(C)cc2)c2ccc(C)cc2)cc1. The quantitative estimate of drug-likeness (QED) is 0.656. The highest BCUT2D eigenvalue weighted by atomic mass is 31.2. The van der Waals surface area contributed by atoms with Gasteiger partial charge in [-0.3, -0.25) is 0 Å². The summed E-state index contributed by atoms with van der Waals surface area (Å²) >= 11 is 0. The van der Waals surface area contributed by atoms with E-state index in [4.69, 9.17) is 9.90 Å². The first-order valence-electron chi connectivity index (χ1n) is 8.99. The Kier molecular flexibility index (Phi) is 6.93. The van der Waals surface area contributed by atoms with Crippen LogP contribution < -0.4 is 21.0 Å². The third-order valence-corrected chi connectivity index (χ3v) is 8.64. The molecule has 0 saturated carbocycles. The van der Waals surface area contributed by atoms with E-state index < -0.39 is 13.2 Å². The van der Waals surface area contributed by atoms with E-state index in [2.05, 4.69) is 100 Å². The van der Waals surface area contributed by atoms with E-state index in [9.17, 15) is 0 Å². The highest BCUT2D eigenvalue weighted by molar-refractivity contribution is 7.95. The Morgan fingerprint density at radius 2 is 0.815 bits per heavy atom. The summed E-state index contributed by atoms with van der Waals surface area (Å²) in [4.78, 5) is 8.89. The van der Waals surface area contributed by atoms with Gasteiger partial charge in [0, 0.05) is 5.97 Å². The molecule has 3 rings (SSSR count). The number of carbonyl (C=O) groups excluding carboxylic acids is 1. The fourth-order valence-electron chi connectivity index (χ4n) is 2.98. The van der Waals surface area contributed by atoms with Crippen molar-refractivity contribution in [3.63, 3.8) is 0 Å². The summed E-state index contributed by atoms with van der Waals surface area (Å²) in [6, 6.07) is 27.2. The number of benzene rings is 3. The minimum absolute atomic E-state index is 0.972. The van der Waals surface area contributed by atoms with Crippen LogP contribution in [0.4, 0.5) is 0 Å². The highest BCUT2D eigenvalue weighted by Crippen LogP contribution is 2.51. The van der Waals surface area contributed by atoms with E-state index in [0.29, 0.717) is 0 Å². The molecule has 3 aromatic rings. The Morgan fingerprint density at radius 1 is 0.630 bits per heavy atom. The van der Waals surface area contributed by atoms with Gasteiger partial charge in [0.1, 0.15) is 23.2 Å². The molecule has 0 N–H and O–H groups in total. The van der Waals surface area contributed by atoms with Crippen LogP contribution in [0.2, 0.25) is 0 Å². The van der Waals surface area contributed by atoms with E-state index in [1.54, 1.807) is 0 Å². The van der Waals surface area contributed by atoms with Crippen LogP contribution in [0.25, 0.3) is 0 Å². The zero-order valence-electron chi connectivity index (χ0n) is 16.7. The molecule has 0 amide bonds.